The molecule has 0 fully saturated rings. The zero-order chi connectivity index (χ0) is 63.1. The van der Waals surface area contributed by atoms with E-state index in [9.17, 15) is 0 Å². The summed E-state index contributed by atoms with van der Waals surface area (Å²) >= 11 is 0. The van der Waals surface area contributed by atoms with Gasteiger partial charge in [-0.2, -0.15) is 15.0 Å². The first-order valence-corrected chi connectivity index (χ1v) is 36.6. The summed E-state index contributed by atoms with van der Waals surface area (Å²) in [6.45, 7) is -0.313. The minimum atomic E-state index is -3.50. The summed E-state index contributed by atoms with van der Waals surface area (Å²) < 4.78 is 2.26. The standard InChI is InChI=1S/C87H62BN5Si2/c1-8-32-63(33-9-1)65-36-30-48-73(58-65)94(69-40-14-4-15-41-69,70-42-16-5-17-43-70)75-60-67(61-76(62-75)95(71-44-18-6-19-45-71,72-46-20-7-21-47-72)74-49-31-37-66(59-74)64-34-10-2-11-35-64)85-89-86(92-82-55-27-23-52-79(82)80-53-24-28-56-83(80)92)91-87(90-85)93-84-57-29-25-51-78(84)77-50-22-26-54-81(77)88(93)68-38-12-3-13-39-68/h1-62H. The van der Waals surface area contributed by atoms with Crippen LogP contribution in [0.25, 0.3) is 72.5 Å². The Labute approximate surface area is 556 Å². The Morgan fingerprint density at radius 3 is 1.12 bits per heavy atom. The second kappa shape index (κ2) is 24.3. The first kappa shape index (κ1) is 57.1. The van der Waals surface area contributed by atoms with Crippen molar-refractivity contribution in [3.8, 4) is 50.7 Å². The molecule has 3 heterocycles. The maximum absolute atomic E-state index is 6.06. The summed E-state index contributed by atoms with van der Waals surface area (Å²) in [5, 5.41) is 12.2. The number of fused-ring (bicyclic) bond motifs is 6. The van der Waals surface area contributed by atoms with Gasteiger partial charge >= 0.3 is 6.85 Å². The minimum Gasteiger partial charge on any atom is -0.345 e. The van der Waals surface area contributed by atoms with Crippen molar-refractivity contribution in [3.05, 3.63) is 376 Å². The van der Waals surface area contributed by atoms with E-state index in [1.807, 2.05) is 0 Å². The molecule has 0 N–H and O–H groups in total. The first-order valence-electron chi connectivity index (χ1n) is 32.6. The van der Waals surface area contributed by atoms with Crippen molar-refractivity contribution in [2.75, 3.05) is 4.81 Å². The fourth-order valence-electron chi connectivity index (χ4n) is 15.3. The van der Waals surface area contributed by atoms with E-state index in [0.29, 0.717) is 17.7 Å². The van der Waals surface area contributed by atoms with Gasteiger partial charge < -0.3 is 4.81 Å². The van der Waals surface area contributed by atoms with Gasteiger partial charge in [0.2, 0.25) is 11.9 Å². The van der Waals surface area contributed by atoms with Crippen LogP contribution < -0.4 is 57.2 Å². The van der Waals surface area contributed by atoms with Gasteiger partial charge in [-0.25, -0.2) is 0 Å². The quantitative estimate of drug-likeness (QED) is 0.0804. The predicted octanol–water partition coefficient (Wildman–Crippen LogP) is 13.6. The molecule has 14 aromatic carbocycles. The Balaban J connectivity index is 1.05. The monoisotopic (exact) mass is 1240 g/mol. The molecule has 0 amide bonds. The van der Waals surface area contributed by atoms with Gasteiger partial charge in [-0.05, 0) is 93.0 Å². The van der Waals surface area contributed by atoms with Crippen molar-refractivity contribution in [2.45, 2.75) is 0 Å². The van der Waals surface area contributed by atoms with Gasteiger partial charge in [0.15, 0.2) is 22.0 Å². The number of aromatic nitrogens is 4. The third-order valence-corrected chi connectivity index (χ3v) is 28.8. The first-order chi connectivity index (χ1) is 47.1. The SMILES string of the molecule is c1ccc(B2c3ccccc3-c3ccccc3N2c2nc(-c3cc([Si](c4ccccc4)(c4ccccc4)c4cccc(-c5ccccc5)c4)cc([Si](c4ccccc4)(c4ccccc4)c4cccc(-c5ccccc5)c4)c3)nc(-n3c4ccccc4c4ccccc43)n2)cc1. The van der Waals surface area contributed by atoms with Crippen LogP contribution in [0.3, 0.4) is 0 Å². The summed E-state index contributed by atoms with van der Waals surface area (Å²) in [5.41, 5.74) is 13.1. The Kier molecular flexibility index (Phi) is 14.6. The van der Waals surface area contributed by atoms with Gasteiger partial charge in [0.1, 0.15) is 0 Å². The van der Waals surface area contributed by atoms with Crippen molar-refractivity contribution in [1.29, 1.82) is 0 Å². The van der Waals surface area contributed by atoms with Crippen LogP contribution in [0, 0.1) is 0 Å². The van der Waals surface area contributed by atoms with Crippen LogP contribution >= 0.6 is 0 Å². The molecule has 0 bridgehead atoms. The van der Waals surface area contributed by atoms with Crippen molar-refractivity contribution >= 4 is 109 Å². The zero-order valence-electron chi connectivity index (χ0n) is 52.1. The lowest BCUT2D eigenvalue weighted by Gasteiger charge is -2.39. The predicted molar refractivity (Wildman–Crippen MR) is 403 cm³/mol. The summed E-state index contributed by atoms with van der Waals surface area (Å²) in [4.78, 5) is 20.3. The molecule has 0 atom stereocenters. The third-order valence-electron chi connectivity index (χ3n) is 19.4. The number of hydrogen-bond donors (Lipinski definition) is 0. The highest BCUT2D eigenvalue weighted by atomic mass is 28.3. The topological polar surface area (TPSA) is 46.8 Å². The summed E-state index contributed by atoms with van der Waals surface area (Å²) in [7, 11) is -6.99. The summed E-state index contributed by atoms with van der Waals surface area (Å²) in [6, 6.07) is 139. The minimum absolute atomic E-state index is 0.313. The van der Waals surface area contributed by atoms with E-state index in [4.69, 9.17) is 15.0 Å². The number of hydrogen-bond acceptors (Lipinski definition) is 4. The van der Waals surface area contributed by atoms with Crippen molar-refractivity contribution in [2.24, 2.45) is 0 Å². The molecule has 2 aromatic heterocycles. The van der Waals surface area contributed by atoms with E-state index in [1.54, 1.807) is 0 Å². The van der Waals surface area contributed by atoms with Crippen LogP contribution in [0.15, 0.2) is 376 Å². The molecule has 16 aromatic rings. The van der Waals surface area contributed by atoms with Gasteiger partial charge in [-0.3, -0.25) is 4.57 Å². The Bertz CT molecular complexity index is 5130. The van der Waals surface area contributed by atoms with Crippen molar-refractivity contribution < 1.29 is 0 Å². The number of rotatable bonds is 14. The molecule has 95 heavy (non-hydrogen) atoms. The molecule has 0 saturated carbocycles. The molecule has 0 unspecified atom stereocenters. The lowest BCUT2D eigenvalue weighted by Crippen LogP contribution is -2.78. The number of anilines is 2. The molecule has 1 aliphatic heterocycles. The van der Waals surface area contributed by atoms with Crippen LogP contribution in [0.2, 0.25) is 0 Å². The molecule has 0 aliphatic carbocycles. The van der Waals surface area contributed by atoms with Crippen LogP contribution in [0.5, 0.6) is 0 Å². The smallest absolute Gasteiger partial charge is 0.331 e. The van der Waals surface area contributed by atoms with E-state index in [0.717, 1.165) is 66.3 Å². The molecule has 17 rings (SSSR count). The van der Waals surface area contributed by atoms with Gasteiger partial charge in [0.05, 0.1) is 11.0 Å². The van der Waals surface area contributed by atoms with Crippen molar-refractivity contribution in [3.63, 3.8) is 0 Å². The van der Waals surface area contributed by atoms with Gasteiger partial charge in [-0.15, -0.1) is 0 Å². The van der Waals surface area contributed by atoms with Crippen LogP contribution in [0.1, 0.15) is 0 Å². The molecule has 5 nitrogen and oxygen atoms in total. The third kappa shape index (κ3) is 9.80. The lowest BCUT2D eigenvalue weighted by atomic mass is 9.46. The number of benzene rings is 14. The molecular weight excluding hydrogens is 1180 g/mol. The normalized spacial score (nSPS) is 12.2. The molecule has 0 radical (unpaired) electrons. The average molecular weight is 1240 g/mol. The molecular formula is C87H62BN5Si2. The van der Waals surface area contributed by atoms with E-state index in [-0.39, 0.29) is 6.85 Å². The highest BCUT2D eigenvalue weighted by Crippen LogP contribution is 2.40. The fraction of sp³-hybridized carbons (Fsp3) is 0. The lowest BCUT2D eigenvalue weighted by molar-refractivity contribution is 0.940. The van der Waals surface area contributed by atoms with Gasteiger partial charge in [0.25, 0.3) is 0 Å². The summed E-state index contributed by atoms with van der Waals surface area (Å²) in [5.74, 6) is 1.61. The van der Waals surface area contributed by atoms with E-state index < -0.39 is 16.1 Å². The van der Waals surface area contributed by atoms with Crippen molar-refractivity contribution in [1.82, 2.24) is 19.5 Å². The molecule has 1 aliphatic rings. The highest BCUT2D eigenvalue weighted by Gasteiger charge is 2.47. The molecule has 0 spiro atoms. The molecule has 8 heteroatoms. The zero-order valence-corrected chi connectivity index (χ0v) is 54.1. The second-order valence-corrected chi connectivity index (χ2v) is 32.2. The maximum Gasteiger partial charge on any atom is 0.331 e. The average Bonchev–Trinajstić information content (AvgIpc) is 0.868. The number of nitrogens with zero attached hydrogens (tertiary/aromatic N) is 5. The van der Waals surface area contributed by atoms with E-state index in [1.165, 1.54) is 52.5 Å². The van der Waals surface area contributed by atoms with Crippen LogP contribution in [-0.2, 0) is 0 Å². The maximum atomic E-state index is 6.06. The Hall–Kier alpha value is -11.8. The summed E-state index contributed by atoms with van der Waals surface area (Å²) in [6.07, 6.45) is 0. The molecule has 0 saturated heterocycles. The Morgan fingerprint density at radius 1 is 0.253 bits per heavy atom. The van der Waals surface area contributed by atoms with Gasteiger partial charge in [0, 0.05) is 27.6 Å². The second-order valence-electron chi connectivity index (χ2n) is 24.6. The number of para-hydroxylation sites is 3. The Morgan fingerprint density at radius 2 is 0.621 bits per heavy atom. The van der Waals surface area contributed by atoms with E-state index >= 15 is 0 Å². The van der Waals surface area contributed by atoms with Gasteiger partial charge in [-0.1, -0.05) is 363 Å². The largest absolute Gasteiger partial charge is 0.345 e. The van der Waals surface area contributed by atoms with E-state index in [2.05, 4.69) is 385 Å². The highest BCUT2D eigenvalue weighted by molar-refractivity contribution is 7.22. The fourth-order valence-corrected chi connectivity index (χ4v) is 25.1. The van der Waals surface area contributed by atoms with Crippen LogP contribution in [-0.4, -0.2) is 42.5 Å². The molecule has 446 valence electrons. The van der Waals surface area contributed by atoms with Crippen LogP contribution in [0.4, 0.5) is 11.6 Å².